The molecule has 1 fully saturated rings. The van der Waals surface area contributed by atoms with Crippen LogP contribution in [0, 0.1) is 0 Å². The molecule has 1 aliphatic carbocycles. The molecule has 0 radical (unpaired) electrons. The highest BCUT2D eigenvalue weighted by Crippen LogP contribution is 2.47. The van der Waals surface area contributed by atoms with Gasteiger partial charge in [-0.2, -0.15) is 11.8 Å². The van der Waals surface area contributed by atoms with Crippen LogP contribution in [0.15, 0.2) is 6.33 Å². The van der Waals surface area contributed by atoms with E-state index in [2.05, 4.69) is 47.6 Å². The van der Waals surface area contributed by atoms with E-state index in [1.807, 2.05) is 11.8 Å². The Labute approximate surface area is 126 Å². The molecule has 0 atom stereocenters. The summed E-state index contributed by atoms with van der Waals surface area (Å²) in [6.45, 7) is 8.51. The van der Waals surface area contributed by atoms with Gasteiger partial charge in [-0.05, 0) is 31.4 Å². The molecule has 0 saturated heterocycles. The average molecular weight is 294 g/mol. The van der Waals surface area contributed by atoms with Crippen molar-refractivity contribution in [3.63, 3.8) is 0 Å². The van der Waals surface area contributed by atoms with Crippen molar-refractivity contribution in [3.8, 4) is 0 Å². The number of anilines is 2. The van der Waals surface area contributed by atoms with Gasteiger partial charge in [0, 0.05) is 23.4 Å². The standard InChI is InChI=1S/C15H26N4S/c1-5-8-16-13-12(11(2)3)14(19-10-18-13)17-9-15(20-4)6-7-15/h10-11H,5-9H2,1-4H3,(H2,16,17,18,19). The van der Waals surface area contributed by atoms with Crippen LogP contribution in [0.1, 0.15) is 51.5 Å². The molecule has 1 aromatic rings. The highest BCUT2D eigenvalue weighted by Gasteiger charge is 2.41. The van der Waals surface area contributed by atoms with Crippen molar-refractivity contribution >= 4 is 23.4 Å². The second-order valence-electron chi connectivity index (χ2n) is 5.81. The van der Waals surface area contributed by atoms with Crippen LogP contribution in [0.3, 0.4) is 0 Å². The fraction of sp³-hybridized carbons (Fsp3) is 0.733. The van der Waals surface area contributed by atoms with Crippen LogP contribution in [0.4, 0.5) is 11.6 Å². The number of aromatic nitrogens is 2. The lowest BCUT2D eigenvalue weighted by Crippen LogP contribution is -2.20. The first-order valence-electron chi connectivity index (χ1n) is 7.49. The zero-order valence-electron chi connectivity index (χ0n) is 13.0. The first-order valence-corrected chi connectivity index (χ1v) is 8.72. The van der Waals surface area contributed by atoms with Crippen molar-refractivity contribution in [2.75, 3.05) is 30.0 Å². The van der Waals surface area contributed by atoms with Crippen molar-refractivity contribution < 1.29 is 0 Å². The van der Waals surface area contributed by atoms with E-state index >= 15 is 0 Å². The number of nitrogens with one attached hydrogen (secondary N) is 2. The van der Waals surface area contributed by atoms with Gasteiger partial charge < -0.3 is 10.6 Å². The van der Waals surface area contributed by atoms with Crippen LogP contribution in [-0.2, 0) is 0 Å². The molecule has 2 rings (SSSR count). The number of nitrogens with zero attached hydrogens (tertiary/aromatic N) is 2. The van der Waals surface area contributed by atoms with E-state index in [1.165, 1.54) is 18.4 Å². The lowest BCUT2D eigenvalue weighted by Gasteiger charge is -2.20. The smallest absolute Gasteiger partial charge is 0.135 e. The number of thioether (sulfide) groups is 1. The molecule has 1 aromatic heterocycles. The highest BCUT2D eigenvalue weighted by molar-refractivity contribution is 8.00. The minimum absolute atomic E-state index is 0.405. The molecule has 0 bridgehead atoms. The number of hydrogen-bond acceptors (Lipinski definition) is 5. The summed E-state index contributed by atoms with van der Waals surface area (Å²) in [7, 11) is 0. The average Bonchev–Trinajstić information content (AvgIpc) is 3.23. The third kappa shape index (κ3) is 3.57. The summed E-state index contributed by atoms with van der Waals surface area (Å²) in [5, 5.41) is 6.97. The van der Waals surface area contributed by atoms with Gasteiger partial charge in [0.2, 0.25) is 0 Å². The molecule has 1 aliphatic rings. The van der Waals surface area contributed by atoms with Crippen LogP contribution in [0.2, 0.25) is 0 Å². The third-order valence-electron chi connectivity index (χ3n) is 3.82. The van der Waals surface area contributed by atoms with Crippen LogP contribution in [0.25, 0.3) is 0 Å². The van der Waals surface area contributed by atoms with E-state index < -0.39 is 0 Å². The zero-order chi connectivity index (χ0) is 14.6. The number of rotatable bonds is 8. The predicted molar refractivity (Wildman–Crippen MR) is 88.9 cm³/mol. The Balaban J connectivity index is 2.14. The Kier molecular flexibility index (Phi) is 5.13. The van der Waals surface area contributed by atoms with Gasteiger partial charge in [0.15, 0.2) is 0 Å². The van der Waals surface area contributed by atoms with Gasteiger partial charge in [-0.15, -0.1) is 0 Å². The van der Waals surface area contributed by atoms with Crippen molar-refractivity contribution in [1.29, 1.82) is 0 Å². The molecule has 0 aliphatic heterocycles. The Hall–Kier alpha value is -0.970. The summed E-state index contributed by atoms with van der Waals surface area (Å²) in [6, 6.07) is 0. The molecule has 112 valence electrons. The molecule has 0 aromatic carbocycles. The van der Waals surface area contributed by atoms with E-state index in [-0.39, 0.29) is 0 Å². The fourth-order valence-electron chi connectivity index (χ4n) is 2.30. The minimum Gasteiger partial charge on any atom is -0.370 e. The number of hydrogen-bond donors (Lipinski definition) is 2. The lowest BCUT2D eigenvalue weighted by molar-refractivity contribution is 0.834. The monoisotopic (exact) mass is 294 g/mol. The van der Waals surface area contributed by atoms with Gasteiger partial charge in [-0.3, -0.25) is 0 Å². The quantitative estimate of drug-likeness (QED) is 0.765. The Bertz CT molecular complexity index is 443. The van der Waals surface area contributed by atoms with Gasteiger partial charge >= 0.3 is 0 Å². The second-order valence-corrected chi connectivity index (χ2v) is 7.08. The van der Waals surface area contributed by atoms with E-state index in [9.17, 15) is 0 Å². The Morgan fingerprint density at radius 1 is 1.25 bits per heavy atom. The summed E-state index contributed by atoms with van der Waals surface area (Å²) >= 11 is 1.97. The van der Waals surface area contributed by atoms with Crippen molar-refractivity contribution in [2.24, 2.45) is 0 Å². The van der Waals surface area contributed by atoms with Crippen LogP contribution in [-0.4, -0.2) is 34.1 Å². The van der Waals surface area contributed by atoms with Crippen molar-refractivity contribution in [2.45, 2.75) is 50.7 Å². The van der Waals surface area contributed by atoms with Gasteiger partial charge in [0.25, 0.3) is 0 Å². The molecule has 2 N–H and O–H groups in total. The van der Waals surface area contributed by atoms with E-state index in [1.54, 1.807) is 6.33 Å². The largest absolute Gasteiger partial charge is 0.370 e. The molecule has 20 heavy (non-hydrogen) atoms. The molecule has 1 saturated carbocycles. The predicted octanol–water partition coefficient (Wildman–Crippen LogP) is 3.73. The maximum atomic E-state index is 4.46. The van der Waals surface area contributed by atoms with E-state index in [0.29, 0.717) is 10.7 Å². The molecule has 1 heterocycles. The van der Waals surface area contributed by atoms with Crippen molar-refractivity contribution in [3.05, 3.63) is 11.9 Å². The summed E-state index contributed by atoms with van der Waals surface area (Å²) in [5.74, 6) is 2.38. The normalized spacial score (nSPS) is 16.2. The van der Waals surface area contributed by atoms with Gasteiger partial charge in [0.1, 0.15) is 18.0 Å². The summed E-state index contributed by atoms with van der Waals surface area (Å²) < 4.78 is 0.441. The SMILES string of the molecule is CCCNc1ncnc(NCC2(SC)CC2)c1C(C)C. The second kappa shape index (κ2) is 6.66. The summed E-state index contributed by atoms with van der Waals surface area (Å²) in [4.78, 5) is 8.87. The summed E-state index contributed by atoms with van der Waals surface area (Å²) in [5.41, 5.74) is 1.21. The first-order chi connectivity index (χ1) is 9.62. The molecule has 0 amide bonds. The molecule has 0 spiro atoms. The van der Waals surface area contributed by atoms with Gasteiger partial charge in [0.05, 0.1) is 0 Å². The molecule has 0 unspecified atom stereocenters. The third-order valence-corrected chi connectivity index (χ3v) is 5.24. The van der Waals surface area contributed by atoms with E-state index in [0.717, 1.165) is 31.1 Å². The molecule has 4 nitrogen and oxygen atoms in total. The molecule has 5 heteroatoms. The van der Waals surface area contributed by atoms with Gasteiger partial charge in [-0.1, -0.05) is 20.8 Å². The molecular formula is C15H26N4S. The van der Waals surface area contributed by atoms with E-state index in [4.69, 9.17) is 0 Å². The molecular weight excluding hydrogens is 268 g/mol. The minimum atomic E-state index is 0.405. The van der Waals surface area contributed by atoms with Crippen molar-refractivity contribution in [1.82, 2.24) is 9.97 Å². The van der Waals surface area contributed by atoms with Crippen LogP contribution >= 0.6 is 11.8 Å². The van der Waals surface area contributed by atoms with Gasteiger partial charge in [-0.25, -0.2) is 9.97 Å². The summed E-state index contributed by atoms with van der Waals surface area (Å²) in [6.07, 6.45) is 7.57. The zero-order valence-corrected chi connectivity index (χ0v) is 13.8. The maximum absolute atomic E-state index is 4.46. The highest BCUT2D eigenvalue weighted by atomic mass is 32.2. The fourth-order valence-corrected chi connectivity index (χ4v) is 3.03. The Morgan fingerprint density at radius 2 is 1.90 bits per heavy atom. The topological polar surface area (TPSA) is 49.8 Å². The lowest BCUT2D eigenvalue weighted by atomic mass is 10.0. The Morgan fingerprint density at radius 3 is 2.40 bits per heavy atom. The van der Waals surface area contributed by atoms with Crippen LogP contribution in [0.5, 0.6) is 0 Å². The maximum Gasteiger partial charge on any atom is 0.135 e. The first kappa shape index (κ1) is 15.4. The van der Waals surface area contributed by atoms with Crippen LogP contribution < -0.4 is 10.6 Å².